The SMILES string of the molecule is CC1CCC(C)(NC(=O)c2ccn(C3CCCNC3)n2)CC1. The molecule has 1 unspecified atom stereocenters. The lowest BCUT2D eigenvalue weighted by Gasteiger charge is -2.36. The third-order valence-corrected chi connectivity index (χ3v) is 5.28. The van der Waals surface area contributed by atoms with Crippen molar-refractivity contribution in [1.82, 2.24) is 20.4 Å². The summed E-state index contributed by atoms with van der Waals surface area (Å²) in [6.45, 7) is 6.49. The standard InChI is InChI=1S/C17H28N4O/c1-13-5-8-17(2,9-6-13)19-16(22)15-7-11-21(20-15)14-4-3-10-18-12-14/h7,11,13-14,18H,3-6,8-10,12H2,1-2H3,(H,19,22). The highest BCUT2D eigenvalue weighted by molar-refractivity contribution is 5.92. The van der Waals surface area contributed by atoms with E-state index in [0.29, 0.717) is 11.7 Å². The number of amides is 1. The van der Waals surface area contributed by atoms with Gasteiger partial charge in [0.1, 0.15) is 5.69 Å². The van der Waals surface area contributed by atoms with Gasteiger partial charge >= 0.3 is 0 Å². The first kappa shape index (κ1) is 15.5. The van der Waals surface area contributed by atoms with Crippen LogP contribution in [0.1, 0.15) is 68.9 Å². The molecule has 1 aromatic heterocycles. The summed E-state index contributed by atoms with van der Waals surface area (Å²) in [6.07, 6.45) is 8.75. The zero-order chi connectivity index (χ0) is 15.6. The van der Waals surface area contributed by atoms with Gasteiger partial charge in [-0.15, -0.1) is 0 Å². The maximum atomic E-state index is 12.5. The minimum atomic E-state index is -0.0697. The quantitative estimate of drug-likeness (QED) is 0.902. The molecule has 1 aliphatic carbocycles. The zero-order valence-electron chi connectivity index (χ0n) is 13.8. The van der Waals surface area contributed by atoms with Gasteiger partial charge < -0.3 is 10.6 Å². The van der Waals surface area contributed by atoms with E-state index < -0.39 is 0 Å². The highest BCUT2D eigenvalue weighted by Gasteiger charge is 2.31. The highest BCUT2D eigenvalue weighted by Crippen LogP contribution is 2.31. The Labute approximate surface area is 132 Å². The number of nitrogens with zero attached hydrogens (tertiary/aromatic N) is 2. The molecule has 1 amide bonds. The van der Waals surface area contributed by atoms with Gasteiger partial charge in [-0.25, -0.2) is 0 Å². The van der Waals surface area contributed by atoms with Crippen LogP contribution in [0.25, 0.3) is 0 Å². The average Bonchev–Trinajstić information content (AvgIpc) is 3.01. The molecule has 0 radical (unpaired) electrons. The molecule has 2 fully saturated rings. The van der Waals surface area contributed by atoms with E-state index in [2.05, 4.69) is 29.6 Å². The fourth-order valence-electron chi connectivity index (χ4n) is 3.58. The Balaban J connectivity index is 1.61. The van der Waals surface area contributed by atoms with Crippen molar-refractivity contribution in [2.45, 2.75) is 64.0 Å². The molecule has 5 heteroatoms. The van der Waals surface area contributed by atoms with Crippen molar-refractivity contribution in [3.8, 4) is 0 Å². The monoisotopic (exact) mass is 304 g/mol. The van der Waals surface area contributed by atoms with Gasteiger partial charge in [-0.05, 0) is 64.0 Å². The molecule has 1 aliphatic heterocycles. The van der Waals surface area contributed by atoms with Crippen LogP contribution in [0.3, 0.4) is 0 Å². The van der Waals surface area contributed by atoms with Crippen LogP contribution in [0.2, 0.25) is 0 Å². The molecule has 0 aromatic carbocycles. The average molecular weight is 304 g/mol. The second-order valence-corrected chi connectivity index (χ2v) is 7.38. The summed E-state index contributed by atoms with van der Waals surface area (Å²) in [5, 5.41) is 11.1. The van der Waals surface area contributed by atoms with Crippen molar-refractivity contribution in [1.29, 1.82) is 0 Å². The molecule has 122 valence electrons. The molecule has 1 saturated heterocycles. The van der Waals surface area contributed by atoms with Gasteiger partial charge in [0.05, 0.1) is 6.04 Å². The lowest BCUT2D eigenvalue weighted by molar-refractivity contribution is 0.0863. The lowest BCUT2D eigenvalue weighted by atomic mass is 9.78. The molecule has 22 heavy (non-hydrogen) atoms. The second kappa shape index (κ2) is 6.41. The molecule has 1 atom stereocenters. The largest absolute Gasteiger partial charge is 0.345 e. The minimum Gasteiger partial charge on any atom is -0.345 e. The third-order valence-electron chi connectivity index (χ3n) is 5.28. The van der Waals surface area contributed by atoms with Gasteiger partial charge in [0.15, 0.2) is 0 Å². The van der Waals surface area contributed by atoms with Crippen molar-refractivity contribution in [3.63, 3.8) is 0 Å². The number of carbonyl (C=O) groups is 1. The molecule has 1 saturated carbocycles. The summed E-state index contributed by atoms with van der Waals surface area (Å²) in [5.41, 5.74) is 0.477. The summed E-state index contributed by atoms with van der Waals surface area (Å²) in [5.74, 6) is 0.752. The predicted molar refractivity (Wildman–Crippen MR) is 86.9 cm³/mol. The molecule has 2 aliphatic rings. The van der Waals surface area contributed by atoms with Crippen LogP contribution in [-0.4, -0.2) is 34.3 Å². The van der Waals surface area contributed by atoms with Crippen molar-refractivity contribution in [2.24, 2.45) is 5.92 Å². The number of hydrogen-bond acceptors (Lipinski definition) is 3. The number of hydrogen-bond donors (Lipinski definition) is 2. The number of carbonyl (C=O) groups excluding carboxylic acids is 1. The summed E-state index contributed by atoms with van der Waals surface area (Å²) in [7, 11) is 0. The molecular weight excluding hydrogens is 276 g/mol. The molecule has 3 rings (SSSR count). The highest BCUT2D eigenvalue weighted by atomic mass is 16.2. The summed E-state index contributed by atoms with van der Waals surface area (Å²) < 4.78 is 1.95. The van der Waals surface area contributed by atoms with Gasteiger partial charge in [-0.2, -0.15) is 5.10 Å². The van der Waals surface area contributed by atoms with E-state index >= 15 is 0 Å². The Morgan fingerprint density at radius 1 is 1.41 bits per heavy atom. The van der Waals surface area contributed by atoms with E-state index in [-0.39, 0.29) is 11.4 Å². The van der Waals surface area contributed by atoms with Crippen LogP contribution in [0.5, 0.6) is 0 Å². The van der Waals surface area contributed by atoms with Crippen LogP contribution in [0.4, 0.5) is 0 Å². The lowest BCUT2D eigenvalue weighted by Crippen LogP contribution is -2.48. The summed E-state index contributed by atoms with van der Waals surface area (Å²) in [4.78, 5) is 12.5. The van der Waals surface area contributed by atoms with Crippen LogP contribution >= 0.6 is 0 Å². The van der Waals surface area contributed by atoms with Crippen molar-refractivity contribution >= 4 is 5.91 Å². The van der Waals surface area contributed by atoms with Crippen molar-refractivity contribution < 1.29 is 4.79 Å². The maximum absolute atomic E-state index is 12.5. The minimum absolute atomic E-state index is 0.0282. The predicted octanol–water partition coefficient (Wildman–Crippen LogP) is 2.51. The number of piperidine rings is 1. The fraction of sp³-hybridized carbons (Fsp3) is 0.765. The van der Waals surface area contributed by atoms with E-state index in [1.165, 1.54) is 19.3 Å². The van der Waals surface area contributed by atoms with Crippen LogP contribution in [0.15, 0.2) is 12.3 Å². The molecule has 5 nitrogen and oxygen atoms in total. The molecule has 0 spiro atoms. The molecule has 2 N–H and O–H groups in total. The van der Waals surface area contributed by atoms with Crippen LogP contribution < -0.4 is 10.6 Å². The van der Waals surface area contributed by atoms with E-state index in [9.17, 15) is 4.79 Å². The Bertz CT molecular complexity index is 510. The Hall–Kier alpha value is -1.36. The van der Waals surface area contributed by atoms with Crippen LogP contribution in [0, 0.1) is 5.92 Å². The Morgan fingerprint density at radius 3 is 2.86 bits per heavy atom. The van der Waals surface area contributed by atoms with E-state index in [0.717, 1.165) is 38.3 Å². The maximum Gasteiger partial charge on any atom is 0.272 e. The van der Waals surface area contributed by atoms with E-state index in [4.69, 9.17) is 0 Å². The fourth-order valence-corrected chi connectivity index (χ4v) is 3.58. The molecular formula is C17H28N4O. The zero-order valence-corrected chi connectivity index (χ0v) is 13.8. The van der Waals surface area contributed by atoms with Crippen LogP contribution in [-0.2, 0) is 0 Å². The smallest absolute Gasteiger partial charge is 0.272 e. The first-order valence-electron chi connectivity index (χ1n) is 8.64. The first-order chi connectivity index (χ1) is 10.6. The van der Waals surface area contributed by atoms with Gasteiger partial charge in [-0.3, -0.25) is 9.48 Å². The summed E-state index contributed by atoms with van der Waals surface area (Å²) in [6, 6.07) is 2.22. The Kier molecular flexibility index (Phi) is 4.52. The van der Waals surface area contributed by atoms with Crippen molar-refractivity contribution in [2.75, 3.05) is 13.1 Å². The van der Waals surface area contributed by atoms with E-state index in [1.807, 2.05) is 16.9 Å². The normalized spacial score (nSPS) is 32.6. The number of aromatic nitrogens is 2. The van der Waals surface area contributed by atoms with Gasteiger partial charge in [0.2, 0.25) is 0 Å². The number of nitrogens with one attached hydrogen (secondary N) is 2. The number of rotatable bonds is 3. The second-order valence-electron chi connectivity index (χ2n) is 7.38. The van der Waals surface area contributed by atoms with Gasteiger partial charge in [0.25, 0.3) is 5.91 Å². The first-order valence-corrected chi connectivity index (χ1v) is 8.64. The topological polar surface area (TPSA) is 59.0 Å². The van der Waals surface area contributed by atoms with E-state index in [1.54, 1.807) is 0 Å². The Morgan fingerprint density at radius 2 is 2.18 bits per heavy atom. The van der Waals surface area contributed by atoms with Crippen molar-refractivity contribution in [3.05, 3.63) is 18.0 Å². The van der Waals surface area contributed by atoms with Gasteiger partial charge in [0, 0.05) is 18.3 Å². The third kappa shape index (κ3) is 3.51. The molecule has 0 bridgehead atoms. The molecule has 2 heterocycles. The van der Waals surface area contributed by atoms with Gasteiger partial charge in [-0.1, -0.05) is 6.92 Å². The molecule has 1 aromatic rings. The summed E-state index contributed by atoms with van der Waals surface area (Å²) >= 11 is 0.